The van der Waals surface area contributed by atoms with Gasteiger partial charge < -0.3 is 4.74 Å². The number of hydrogen-bond acceptors (Lipinski definition) is 2. The summed E-state index contributed by atoms with van der Waals surface area (Å²) in [5.74, 6) is -5.63. The molecule has 0 fully saturated rings. The quantitative estimate of drug-likeness (QED) is 0.619. The number of halogens is 6. The number of alkyl halides is 5. The van der Waals surface area contributed by atoms with Gasteiger partial charge in [0.1, 0.15) is 19.1 Å². The summed E-state index contributed by atoms with van der Waals surface area (Å²) >= 11 is 0. The van der Waals surface area contributed by atoms with Gasteiger partial charge in [0.15, 0.2) is 0 Å². The first-order valence-corrected chi connectivity index (χ1v) is 8.90. The molecule has 0 aromatic heterocycles. The number of carbonyl (C=O) groups is 1. The normalized spacial score (nSPS) is 15.6. The molecule has 0 N–H and O–H groups in total. The molecule has 1 aliphatic rings. The fraction of sp³-hybridized carbons (Fsp3) is 0.350. The van der Waals surface area contributed by atoms with Crippen molar-refractivity contribution in [2.24, 2.45) is 0 Å². The number of rotatable bonds is 4. The highest BCUT2D eigenvalue weighted by Crippen LogP contribution is 2.38. The number of anilines is 1. The van der Waals surface area contributed by atoms with Crippen molar-refractivity contribution in [2.75, 3.05) is 18.2 Å². The van der Waals surface area contributed by atoms with Crippen LogP contribution >= 0.6 is 0 Å². The summed E-state index contributed by atoms with van der Waals surface area (Å²) in [5, 5.41) is 0. The van der Waals surface area contributed by atoms with Crippen LogP contribution in [0, 0.1) is 12.7 Å². The minimum atomic E-state index is -5.82. The van der Waals surface area contributed by atoms with Gasteiger partial charge in [-0.05, 0) is 30.7 Å². The largest absolute Gasteiger partial charge is 0.455 e. The van der Waals surface area contributed by atoms with E-state index in [9.17, 15) is 31.1 Å². The molecule has 4 nitrogen and oxygen atoms in total. The van der Waals surface area contributed by atoms with E-state index in [-0.39, 0.29) is 25.6 Å². The van der Waals surface area contributed by atoms with Gasteiger partial charge in [-0.15, -0.1) is 0 Å². The van der Waals surface area contributed by atoms with E-state index in [1.807, 2.05) is 0 Å². The zero-order chi connectivity index (χ0) is 22.1. The Kier molecular flexibility index (Phi) is 5.98. The van der Waals surface area contributed by atoms with Crippen molar-refractivity contribution in [1.29, 1.82) is 0 Å². The van der Waals surface area contributed by atoms with E-state index in [0.717, 1.165) is 22.6 Å². The van der Waals surface area contributed by atoms with E-state index in [1.54, 1.807) is 13.0 Å². The maximum atomic E-state index is 13.9. The van der Waals surface area contributed by atoms with Crippen LogP contribution in [0.2, 0.25) is 0 Å². The first-order chi connectivity index (χ1) is 14.0. The smallest absolute Gasteiger partial charge is 0.356 e. The van der Waals surface area contributed by atoms with Crippen LogP contribution in [0.15, 0.2) is 42.5 Å². The second kappa shape index (κ2) is 8.17. The third-order valence-corrected chi connectivity index (χ3v) is 4.59. The molecule has 3 rings (SSSR count). The Morgan fingerprint density at radius 1 is 1.03 bits per heavy atom. The Morgan fingerprint density at radius 2 is 1.70 bits per heavy atom. The van der Waals surface area contributed by atoms with E-state index in [4.69, 9.17) is 4.74 Å². The van der Waals surface area contributed by atoms with Crippen molar-refractivity contribution in [3.8, 4) is 0 Å². The Hall–Kier alpha value is -2.75. The van der Waals surface area contributed by atoms with Crippen molar-refractivity contribution in [3.63, 3.8) is 0 Å². The molecule has 0 spiro atoms. The van der Waals surface area contributed by atoms with E-state index in [0.29, 0.717) is 16.0 Å². The molecular weight excluding hydrogens is 414 g/mol. The van der Waals surface area contributed by atoms with Crippen LogP contribution in [-0.4, -0.2) is 36.3 Å². The number of aryl methyl sites for hydroxylation is 1. The highest BCUT2D eigenvalue weighted by Gasteiger charge is 2.59. The van der Waals surface area contributed by atoms with Gasteiger partial charge in [-0.1, -0.05) is 29.8 Å². The van der Waals surface area contributed by atoms with Crippen molar-refractivity contribution in [2.45, 2.75) is 32.2 Å². The standard InChI is InChI=1S/C20H18F6N2O2/c1-13-2-7-17-15(8-13)10-30-12-27(9-14-3-5-16(21)6-4-14)18(29)28(17)11-19(22,23)20(24,25)26/h2-8H,9-12H2,1H3. The predicted octanol–water partition coefficient (Wildman–Crippen LogP) is 5.25. The fourth-order valence-electron chi connectivity index (χ4n) is 3.05. The van der Waals surface area contributed by atoms with Crippen LogP contribution in [0.3, 0.4) is 0 Å². The molecule has 0 radical (unpaired) electrons. The van der Waals surface area contributed by atoms with E-state index >= 15 is 0 Å². The molecule has 0 aliphatic carbocycles. The summed E-state index contributed by atoms with van der Waals surface area (Å²) in [7, 11) is 0. The summed E-state index contributed by atoms with van der Waals surface area (Å²) in [5.41, 5.74) is 1.43. The lowest BCUT2D eigenvalue weighted by Crippen LogP contribution is -2.53. The topological polar surface area (TPSA) is 32.8 Å². The van der Waals surface area contributed by atoms with Crippen molar-refractivity contribution in [3.05, 3.63) is 65.0 Å². The number of hydrogen-bond donors (Lipinski definition) is 0. The maximum absolute atomic E-state index is 13.9. The number of fused-ring (bicyclic) bond motifs is 1. The molecule has 30 heavy (non-hydrogen) atoms. The van der Waals surface area contributed by atoms with Crippen molar-refractivity contribution < 1.29 is 35.9 Å². The van der Waals surface area contributed by atoms with Gasteiger partial charge in [-0.25, -0.2) is 9.18 Å². The highest BCUT2D eigenvalue weighted by molar-refractivity contribution is 5.93. The van der Waals surface area contributed by atoms with Gasteiger partial charge in [0, 0.05) is 12.1 Å². The average molecular weight is 432 g/mol. The second-order valence-corrected chi connectivity index (χ2v) is 7.01. The molecule has 2 aromatic rings. The summed E-state index contributed by atoms with van der Waals surface area (Å²) in [6.45, 7) is -0.730. The summed E-state index contributed by atoms with van der Waals surface area (Å²) < 4.78 is 84.9. The number of benzene rings is 2. The minimum Gasteiger partial charge on any atom is -0.356 e. The minimum absolute atomic E-state index is 0.0849. The maximum Gasteiger partial charge on any atom is 0.455 e. The molecule has 0 unspecified atom stereocenters. The van der Waals surface area contributed by atoms with Gasteiger partial charge in [0.2, 0.25) is 0 Å². The second-order valence-electron chi connectivity index (χ2n) is 7.01. The fourth-order valence-corrected chi connectivity index (χ4v) is 3.05. The van der Waals surface area contributed by atoms with Gasteiger partial charge in [0.05, 0.1) is 12.3 Å². The lowest BCUT2D eigenvalue weighted by Gasteiger charge is -2.36. The van der Waals surface area contributed by atoms with Gasteiger partial charge >= 0.3 is 18.1 Å². The zero-order valence-corrected chi connectivity index (χ0v) is 15.8. The Morgan fingerprint density at radius 3 is 2.33 bits per heavy atom. The SMILES string of the molecule is Cc1ccc2c(c1)COCN(Cc1ccc(F)cc1)C(=O)N2CC(F)(F)C(F)(F)F. The number of ether oxygens (including phenoxy) is 1. The summed E-state index contributed by atoms with van der Waals surface area (Å²) in [4.78, 5) is 14.4. The van der Waals surface area contributed by atoms with Crippen LogP contribution < -0.4 is 4.90 Å². The third kappa shape index (κ3) is 4.69. The lowest BCUT2D eigenvalue weighted by molar-refractivity contribution is -0.276. The molecule has 10 heteroatoms. The molecule has 162 valence electrons. The monoisotopic (exact) mass is 432 g/mol. The van der Waals surface area contributed by atoms with Crippen LogP contribution in [0.1, 0.15) is 16.7 Å². The molecule has 1 aliphatic heterocycles. The zero-order valence-electron chi connectivity index (χ0n) is 15.8. The van der Waals surface area contributed by atoms with E-state index in [2.05, 4.69) is 0 Å². The van der Waals surface area contributed by atoms with Crippen LogP contribution in [0.5, 0.6) is 0 Å². The Bertz CT molecular complexity index is 915. The van der Waals surface area contributed by atoms with Crippen molar-refractivity contribution >= 4 is 11.7 Å². The number of amides is 2. The summed E-state index contributed by atoms with van der Waals surface area (Å²) in [6, 6.07) is 8.39. The van der Waals surface area contributed by atoms with E-state index < -0.39 is 30.5 Å². The van der Waals surface area contributed by atoms with Crippen LogP contribution in [-0.2, 0) is 17.9 Å². The Labute approximate surface area is 168 Å². The van der Waals surface area contributed by atoms with Gasteiger partial charge in [-0.3, -0.25) is 9.80 Å². The molecule has 2 aromatic carbocycles. The molecule has 0 saturated heterocycles. The Balaban J connectivity index is 1.98. The van der Waals surface area contributed by atoms with Gasteiger partial charge in [-0.2, -0.15) is 22.0 Å². The van der Waals surface area contributed by atoms with Crippen LogP contribution in [0.25, 0.3) is 0 Å². The molecule has 1 heterocycles. The van der Waals surface area contributed by atoms with Crippen molar-refractivity contribution in [1.82, 2.24) is 4.90 Å². The summed E-state index contributed by atoms with van der Waals surface area (Å²) in [6.07, 6.45) is -5.82. The predicted molar refractivity (Wildman–Crippen MR) is 96.5 cm³/mol. The molecule has 0 saturated carbocycles. The average Bonchev–Trinajstić information content (AvgIpc) is 2.65. The number of nitrogens with zero attached hydrogens (tertiary/aromatic N) is 2. The van der Waals surface area contributed by atoms with Crippen LogP contribution in [0.4, 0.5) is 36.8 Å². The first-order valence-electron chi connectivity index (χ1n) is 8.90. The van der Waals surface area contributed by atoms with E-state index in [1.165, 1.54) is 24.3 Å². The number of urea groups is 1. The third-order valence-electron chi connectivity index (χ3n) is 4.59. The molecule has 0 bridgehead atoms. The highest BCUT2D eigenvalue weighted by atomic mass is 19.4. The molecular formula is C20H18F6N2O2. The first kappa shape index (κ1) is 21.9. The lowest BCUT2D eigenvalue weighted by atomic mass is 10.1. The molecule has 2 amide bonds. The van der Waals surface area contributed by atoms with Gasteiger partial charge in [0.25, 0.3) is 0 Å². The number of carbonyl (C=O) groups excluding carboxylic acids is 1. The molecule has 0 atom stereocenters.